The number of hydrogen-bond donors (Lipinski definition) is 0. The van der Waals surface area contributed by atoms with Crippen LogP contribution in [0.2, 0.25) is 0 Å². The number of rotatable bonds is 1. The molecule has 0 spiro atoms. The Labute approximate surface area is 73.4 Å². The van der Waals surface area contributed by atoms with Crippen molar-refractivity contribution in [2.45, 2.75) is 0 Å². The fourth-order valence-corrected chi connectivity index (χ4v) is 1.96. The molecule has 3 heteroatoms. The number of halogens is 1. The Morgan fingerprint density at radius 3 is 2.92 bits per heavy atom. The fraction of sp³-hybridized carbons (Fsp3) is 0.111. The molecule has 2 aromatic rings. The summed E-state index contributed by atoms with van der Waals surface area (Å²) in [5.41, 5.74) is 0. The van der Waals surface area contributed by atoms with E-state index in [9.17, 15) is 4.39 Å². The van der Waals surface area contributed by atoms with E-state index in [0.717, 1.165) is 5.39 Å². The molecule has 1 aromatic heterocycles. The van der Waals surface area contributed by atoms with E-state index in [1.54, 1.807) is 6.07 Å². The van der Waals surface area contributed by atoms with E-state index in [1.165, 1.54) is 18.4 Å². The zero-order chi connectivity index (χ0) is 8.55. The van der Waals surface area contributed by atoms with Crippen molar-refractivity contribution in [3.63, 3.8) is 0 Å². The maximum atomic E-state index is 13.4. The average molecular weight is 182 g/mol. The van der Waals surface area contributed by atoms with Gasteiger partial charge >= 0.3 is 0 Å². The van der Waals surface area contributed by atoms with Crippen molar-refractivity contribution in [2.75, 3.05) is 7.11 Å². The van der Waals surface area contributed by atoms with Gasteiger partial charge in [0.15, 0.2) is 11.6 Å². The first-order valence-corrected chi connectivity index (χ1v) is 4.40. The predicted octanol–water partition coefficient (Wildman–Crippen LogP) is 3.05. The van der Waals surface area contributed by atoms with Gasteiger partial charge in [-0.05, 0) is 29.0 Å². The van der Waals surface area contributed by atoms with Gasteiger partial charge < -0.3 is 4.74 Å². The Morgan fingerprint density at radius 2 is 2.17 bits per heavy atom. The molecule has 0 N–H and O–H groups in total. The topological polar surface area (TPSA) is 9.23 Å². The van der Waals surface area contributed by atoms with Crippen molar-refractivity contribution in [2.24, 2.45) is 0 Å². The molecule has 0 atom stereocenters. The van der Waals surface area contributed by atoms with Crippen LogP contribution < -0.4 is 4.74 Å². The van der Waals surface area contributed by atoms with Crippen molar-refractivity contribution < 1.29 is 9.13 Å². The molecule has 0 amide bonds. The lowest BCUT2D eigenvalue weighted by Gasteiger charge is -2.00. The minimum absolute atomic E-state index is 0.259. The molecule has 0 bridgehead atoms. The highest BCUT2D eigenvalue weighted by Gasteiger charge is 2.07. The molecule has 0 aliphatic rings. The van der Waals surface area contributed by atoms with Crippen LogP contribution in [0.15, 0.2) is 23.6 Å². The van der Waals surface area contributed by atoms with Gasteiger partial charge in [0.05, 0.1) is 11.8 Å². The first-order chi connectivity index (χ1) is 5.83. The number of ether oxygens (including phenoxy) is 1. The SMILES string of the molecule is COc1ccc2ccsc2c1F. The van der Waals surface area contributed by atoms with Crippen LogP contribution in [0.3, 0.4) is 0 Å². The van der Waals surface area contributed by atoms with E-state index in [-0.39, 0.29) is 5.82 Å². The van der Waals surface area contributed by atoms with Crippen LogP contribution in [0.4, 0.5) is 4.39 Å². The standard InChI is InChI=1S/C9H7FOS/c1-11-7-3-2-6-4-5-12-9(6)8(7)10/h2-5H,1H3. The molecule has 62 valence electrons. The predicted molar refractivity (Wildman–Crippen MR) is 48.3 cm³/mol. The molecule has 12 heavy (non-hydrogen) atoms. The Hall–Kier alpha value is -1.09. The summed E-state index contributed by atoms with van der Waals surface area (Å²) in [6, 6.07) is 5.39. The van der Waals surface area contributed by atoms with Crippen LogP contribution in [0, 0.1) is 5.82 Å². The number of methoxy groups -OCH3 is 1. The van der Waals surface area contributed by atoms with E-state index in [0.29, 0.717) is 10.4 Å². The number of benzene rings is 1. The van der Waals surface area contributed by atoms with Gasteiger partial charge in [0, 0.05) is 0 Å². The van der Waals surface area contributed by atoms with Crippen LogP contribution in [0.25, 0.3) is 10.1 Å². The van der Waals surface area contributed by atoms with Crippen LogP contribution in [0.5, 0.6) is 5.75 Å². The van der Waals surface area contributed by atoms with Gasteiger partial charge in [0.1, 0.15) is 0 Å². The molecule has 1 heterocycles. The van der Waals surface area contributed by atoms with E-state index in [4.69, 9.17) is 4.74 Å². The summed E-state index contributed by atoms with van der Waals surface area (Å²) in [5, 5.41) is 2.80. The Kier molecular flexibility index (Phi) is 1.73. The van der Waals surface area contributed by atoms with Gasteiger partial charge in [-0.25, -0.2) is 4.39 Å². The van der Waals surface area contributed by atoms with E-state index < -0.39 is 0 Å². The maximum Gasteiger partial charge on any atom is 0.182 e. The maximum absolute atomic E-state index is 13.4. The third kappa shape index (κ3) is 0.975. The van der Waals surface area contributed by atoms with E-state index in [2.05, 4.69) is 0 Å². The van der Waals surface area contributed by atoms with E-state index in [1.807, 2.05) is 17.5 Å². The smallest absolute Gasteiger partial charge is 0.182 e. The molecule has 1 nitrogen and oxygen atoms in total. The van der Waals surface area contributed by atoms with Crippen molar-refractivity contribution in [1.29, 1.82) is 0 Å². The van der Waals surface area contributed by atoms with Gasteiger partial charge in [0.25, 0.3) is 0 Å². The third-order valence-electron chi connectivity index (χ3n) is 1.75. The van der Waals surface area contributed by atoms with Gasteiger partial charge in [-0.3, -0.25) is 0 Å². The normalized spacial score (nSPS) is 10.5. The third-order valence-corrected chi connectivity index (χ3v) is 2.67. The fourth-order valence-electron chi connectivity index (χ4n) is 1.14. The van der Waals surface area contributed by atoms with Gasteiger partial charge in [-0.2, -0.15) is 0 Å². The lowest BCUT2D eigenvalue weighted by atomic mass is 10.2. The largest absolute Gasteiger partial charge is 0.494 e. The van der Waals surface area contributed by atoms with Crippen LogP contribution in [-0.4, -0.2) is 7.11 Å². The first kappa shape index (κ1) is 7.55. The molecule has 0 saturated carbocycles. The summed E-state index contributed by atoms with van der Waals surface area (Å²) in [4.78, 5) is 0. The van der Waals surface area contributed by atoms with Crippen LogP contribution in [0.1, 0.15) is 0 Å². The molecule has 0 aliphatic carbocycles. The summed E-state index contributed by atoms with van der Waals surface area (Å²) in [5.74, 6) is 0.0509. The summed E-state index contributed by atoms with van der Waals surface area (Å²) in [6.45, 7) is 0. The summed E-state index contributed by atoms with van der Waals surface area (Å²) in [6.07, 6.45) is 0. The molecule has 0 radical (unpaired) electrons. The molecule has 0 saturated heterocycles. The lowest BCUT2D eigenvalue weighted by molar-refractivity contribution is 0.389. The lowest BCUT2D eigenvalue weighted by Crippen LogP contribution is -1.86. The monoisotopic (exact) mass is 182 g/mol. The zero-order valence-electron chi connectivity index (χ0n) is 6.50. The highest BCUT2D eigenvalue weighted by atomic mass is 32.1. The Bertz CT molecular complexity index is 408. The second-order valence-corrected chi connectivity index (χ2v) is 3.34. The molecular weight excluding hydrogens is 175 g/mol. The van der Waals surface area contributed by atoms with Gasteiger partial charge in [-0.15, -0.1) is 11.3 Å². The minimum atomic E-state index is -0.259. The van der Waals surface area contributed by atoms with Crippen LogP contribution >= 0.6 is 11.3 Å². The molecule has 2 rings (SSSR count). The second-order valence-electron chi connectivity index (χ2n) is 2.42. The summed E-state index contributed by atoms with van der Waals surface area (Å²) < 4.78 is 18.9. The molecular formula is C9H7FOS. The van der Waals surface area contributed by atoms with Gasteiger partial charge in [-0.1, -0.05) is 0 Å². The minimum Gasteiger partial charge on any atom is -0.494 e. The van der Waals surface area contributed by atoms with Crippen molar-refractivity contribution in [1.82, 2.24) is 0 Å². The summed E-state index contributed by atoms with van der Waals surface area (Å²) in [7, 11) is 1.47. The summed E-state index contributed by atoms with van der Waals surface area (Å²) >= 11 is 1.39. The molecule has 0 fully saturated rings. The first-order valence-electron chi connectivity index (χ1n) is 3.52. The number of fused-ring (bicyclic) bond motifs is 1. The van der Waals surface area contributed by atoms with Crippen molar-refractivity contribution in [3.05, 3.63) is 29.4 Å². The molecule has 1 aromatic carbocycles. The average Bonchev–Trinajstić information content (AvgIpc) is 2.53. The Balaban J connectivity index is 2.78. The second kappa shape index (κ2) is 2.75. The van der Waals surface area contributed by atoms with Gasteiger partial charge in [0.2, 0.25) is 0 Å². The van der Waals surface area contributed by atoms with Crippen molar-refractivity contribution >= 4 is 21.4 Å². The highest BCUT2D eigenvalue weighted by molar-refractivity contribution is 7.17. The number of thiophene rings is 1. The zero-order valence-corrected chi connectivity index (χ0v) is 7.32. The van der Waals surface area contributed by atoms with E-state index >= 15 is 0 Å². The highest BCUT2D eigenvalue weighted by Crippen LogP contribution is 2.29. The molecule has 0 aliphatic heterocycles. The quantitative estimate of drug-likeness (QED) is 0.658. The molecule has 0 unspecified atom stereocenters. The van der Waals surface area contributed by atoms with Crippen molar-refractivity contribution in [3.8, 4) is 5.75 Å². The van der Waals surface area contributed by atoms with Crippen LogP contribution in [-0.2, 0) is 0 Å². The number of hydrogen-bond acceptors (Lipinski definition) is 2. The Morgan fingerprint density at radius 1 is 1.33 bits per heavy atom.